The van der Waals surface area contributed by atoms with E-state index in [0.717, 1.165) is 32.5 Å². The smallest absolute Gasteiger partial charge is 0.257 e. The molecule has 0 aliphatic carbocycles. The lowest BCUT2D eigenvalue weighted by molar-refractivity contribution is -0.135. The molecule has 2 saturated heterocycles. The number of carbonyl (C=O) groups excluding carboxylic acids is 1. The number of hydrogen-bond acceptors (Lipinski definition) is 6. The van der Waals surface area contributed by atoms with E-state index in [4.69, 9.17) is 9.26 Å². The predicted molar refractivity (Wildman–Crippen MR) is 119 cm³/mol. The van der Waals surface area contributed by atoms with Gasteiger partial charge in [0.05, 0.1) is 12.0 Å². The second kappa shape index (κ2) is 10.5. The number of rotatable bonds is 7. The molecule has 0 N–H and O–H groups in total. The molecule has 1 atom stereocenters. The van der Waals surface area contributed by atoms with Crippen LogP contribution < -0.4 is 0 Å². The molecule has 1 amide bonds. The normalized spacial score (nSPS) is 22.6. The van der Waals surface area contributed by atoms with Crippen LogP contribution in [0.1, 0.15) is 50.8 Å². The number of piperidine rings is 1. The van der Waals surface area contributed by atoms with Crippen LogP contribution in [0.5, 0.6) is 0 Å². The maximum absolute atomic E-state index is 13.3. The van der Waals surface area contributed by atoms with Crippen LogP contribution >= 0.6 is 0 Å². The Balaban J connectivity index is 1.51. The molecular weight excluding hydrogens is 411 g/mol. The van der Waals surface area contributed by atoms with Gasteiger partial charge in [0.2, 0.25) is 5.91 Å². The molecular formula is C24H33FN4O3. The summed E-state index contributed by atoms with van der Waals surface area (Å²) in [6.45, 7) is 4.35. The molecule has 2 aliphatic rings. The van der Waals surface area contributed by atoms with Gasteiger partial charge in [-0.15, -0.1) is 0 Å². The lowest BCUT2D eigenvalue weighted by atomic mass is 9.76. The average Bonchev–Trinajstić information content (AvgIpc) is 3.18. The molecule has 0 radical (unpaired) electrons. The molecule has 4 rings (SSSR count). The van der Waals surface area contributed by atoms with Crippen molar-refractivity contribution in [3.63, 3.8) is 0 Å². The van der Waals surface area contributed by atoms with Gasteiger partial charge in [-0.25, -0.2) is 4.39 Å². The van der Waals surface area contributed by atoms with Gasteiger partial charge in [-0.2, -0.15) is 4.98 Å². The number of amides is 1. The number of hydrogen-bond donors (Lipinski definition) is 0. The van der Waals surface area contributed by atoms with E-state index in [9.17, 15) is 9.18 Å². The first-order chi connectivity index (χ1) is 15.6. The van der Waals surface area contributed by atoms with Crippen LogP contribution in [0.2, 0.25) is 0 Å². The second-order valence-corrected chi connectivity index (χ2v) is 9.06. The van der Waals surface area contributed by atoms with E-state index >= 15 is 0 Å². The molecule has 2 aromatic rings. The number of aromatic nitrogens is 2. The van der Waals surface area contributed by atoms with Gasteiger partial charge in [0, 0.05) is 32.4 Å². The zero-order valence-corrected chi connectivity index (χ0v) is 18.9. The van der Waals surface area contributed by atoms with E-state index in [-0.39, 0.29) is 11.7 Å². The number of nitrogens with zero attached hydrogens (tertiary/aromatic N) is 4. The number of likely N-dealkylation sites (tertiary alicyclic amines) is 2. The van der Waals surface area contributed by atoms with Crippen molar-refractivity contribution < 1.29 is 18.4 Å². The van der Waals surface area contributed by atoms with Crippen molar-refractivity contribution in [2.45, 2.75) is 50.4 Å². The van der Waals surface area contributed by atoms with Crippen LogP contribution in [-0.2, 0) is 14.9 Å². The first kappa shape index (κ1) is 22.9. The van der Waals surface area contributed by atoms with E-state index in [2.05, 4.69) is 15.0 Å². The summed E-state index contributed by atoms with van der Waals surface area (Å²) in [5.41, 5.74) is 0.266. The Bertz CT molecular complexity index is 880. The first-order valence-corrected chi connectivity index (χ1v) is 11.7. The third-order valence-electron chi connectivity index (χ3n) is 6.76. The van der Waals surface area contributed by atoms with Crippen molar-refractivity contribution >= 4 is 5.91 Å². The van der Waals surface area contributed by atoms with Crippen molar-refractivity contribution in [2.75, 3.05) is 46.4 Å². The number of ether oxygens (including phenoxy) is 1. The predicted octanol–water partition coefficient (Wildman–Crippen LogP) is 3.65. The second-order valence-electron chi connectivity index (χ2n) is 9.06. The van der Waals surface area contributed by atoms with Gasteiger partial charge in [-0.3, -0.25) is 9.69 Å². The van der Waals surface area contributed by atoms with Gasteiger partial charge in [-0.1, -0.05) is 18.0 Å². The Morgan fingerprint density at radius 3 is 2.59 bits per heavy atom. The number of methoxy groups -OCH3 is 1. The van der Waals surface area contributed by atoms with Crippen LogP contribution in [-0.4, -0.2) is 72.3 Å². The van der Waals surface area contributed by atoms with Crippen molar-refractivity contribution in [1.29, 1.82) is 0 Å². The number of halogens is 1. The Hall–Kier alpha value is -2.32. The fourth-order valence-electron chi connectivity index (χ4n) is 4.87. The third kappa shape index (κ3) is 5.35. The highest BCUT2D eigenvalue weighted by atomic mass is 19.1. The average molecular weight is 445 g/mol. The molecule has 1 aromatic carbocycles. The van der Waals surface area contributed by atoms with Gasteiger partial charge in [-0.05, 0) is 69.5 Å². The molecule has 2 aliphatic heterocycles. The summed E-state index contributed by atoms with van der Waals surface area (Å²) in [5, 5.41) is 4.30. The summed E-state index contributed by atoms with van der Waals surface area (Å²) in [7, 11) is 1.68. The molecule has 8 heteroatoms. The maximum Gasteiger partial charge on any atom is 0.257 e. The third-order valence-corrected chi connectivity index (χ3v) is 6.76. The molecule has 0 spiro atoms. The van der Waals surface area contributed by atoms with Gasteiger partial charge in [0.1, 0.15) is 5.82 Å². The first-order valence-electron chi connectivity index (χ1n) is 11.7. The number of benzene rings is 1. The summed E-state index contributed by atoms with van der Waals surface area (Å²) in [6, 6.07) is 6.02. The zero-order valence-electron chi connectivity index (χ0n) is 18.9. The lowest BCUT2D eigenvalue weighted by Crippen LogP contribution is -2.52. The molecule has 2 fully saturated rings. The maximum atomic E-state index is 13.3. The summed E-state index contributed by atoms with van der Waals surface area (Å²) in [6.07, 6.45) is 7.30. The minimum Gasteiger partial charge on any atom is -0.385 e. The van der Waals surface area contributed by atoms with Crippen LogP contribution in [0.25, 0.3) is 11.5 Å². The number of carbonyl (C=O) groups is 1. The molecule has 174 valence electrons. The Morgan fingerprint density at radius 1 is 1.12 bits per heavy atom. The fraction of sp³-hybridized carbons (Fsp3) is 0.625. The van der Waals surface area contributed by atoms with E-state index in [1.54, 1.807) is 19.2 Å². The Kier molecular flexibility index (Phi) is 7.52. The minimum absolute atomic E-state index is 0.177. The Labute approximate surface area is 188 Å². The van der Waals surface area contributed by atoms with E-state index in [0.29, 0.717) is 43.4 Å². The highest BCUT2D eigenvalue weighted by molar-refractivity contribution is 5.78. The molecule has 0 saturated carbocycles. The van der Waals surface area contributed by atoms with E-state index < -0.39 is 5.41 Å². The lowest BCUT2D eigenvalue weighted by Gasteiger charge is -2.41. The summed E-state index contributed by atoms with van der Waals surface area (Å²) >= 11 is 0. The van der Waals surface area contributed by atoms with Gasteiger partial charge in [0.25, 0.3) is 5.89 Å². The Morgan fingerprint density at radius 2 is 1.88 bits per heavy atom. The molecule has 32 heavy (non-hydrogen) atoms. The highest BCUT2D eigenvalue weighted by Crippen LogP contribution is 2.37. The van der Waals surface area contributed by atoms with E-state index in [1.165, 1.54) is 37.8 Å². The topological polar surface area (TPSA) is 71.7 Å². The van der Waals surface area contributed by atoms with Crippen LogP contribution in [0.4, 0.5) is 4.39 Å². The molecule has 1 unspecified atom stereocenters. The van der Waals surface area contributed by atoms with Crippen LogP contribution in [0.15, 0.2) is 28.8 Å². The SMILES string of the molecule is COCCC1(c2noc(-c3ccc(F)cc3)n2)CCCN(C(=O)CN2CCCCCC2)C1. The standard InChI is InChI=1S/C24H33FN4O3/c1-31-16-12-24(23-26-22(32-27-23)19-7-9-20(25)10-8-19)11-6-15-29(18-24)21(30)17-28-13-4-2-3-5-14-28/h7-10H,2-6,11-18H2,1H3. The van der Waals surface area contributed by atoms with Crippen molar-refractivity contribution in [2.24, 2.45) is 0 Å². The zero-order chi connectivity index (χ0) is 22.4. The van der Waals surface area contributed by atoms with Gasteiger partial charge in [0.15, 0.2) is 5.82 Å². The molecule has 3 heterocycles. The van der Waals surface area contributed by atoms with Gasteiger partial charge >= 0.3 is 0 Å². The van der Waals surface area contributed by atoms with Gasteiger partial charge < -0.3 is 14.2 Å². The quantitative estimate of drug-likeness (QED) is 0.649. The van der Waals surface area contributed by atoms with Crippen molar-refractivity contribution in [1.82, 2.24) is 19.9 Å². The summed E-state index contributed by atoms with van der Waals surface area (Å²) < 4.78 is 24.2. The molecule has 7 nitrogen and oxygen atoms in total. The van der Waals surface area contributed by atoms with Crippen LogP contribution in [0, 0.1) is 5.82 Å². The summed E-state index contributed by atoms with van der Waals surface area (Å²) in [5.74, 6) is 0.831. The molecule has 1 aromatic heterocycles. The minimum atomic E-state index is -0.412. The largest absolute Gasteiger partial charge is 0.385 e. The monoisotopic (exact) mass is 444 g/mol. The van der Waals surface area contributed by atoms with Crippen LogP contribution in [0.3, 0.4) is 0 Å². The fourth-order valence-corrected chi connectivity index (χ4v) is 4.87. The highest BCUT2D eigenvalue weighted by Gasteiger charge is 2.42. The summed E-state index contributed by atoms with van der Waals surface area (Å²) in [4.78, 5) is 22.1. The molecule has 0 bridgehead atoms. The van der Waals surface area contributed by atoms with Crippen molar-refractivity contribution in [3.8, 4) is 11.5 Å². The van der Waals surface area contributed by atoms with E-state index in [1.807, 2.05) is 4.90 Å². The van der Waals surface area contributed by atoms with Crippen molar-refractivity contribution in [3.05, 3.63) is 35.9 Å².